The maximum absolute atomic E-state index is 12.1. The van der Waals surface area contributed by atoms with Gasteiger partial charge in [0.1, 0.15) is 0 Å². The van der Waals surface area contributed by atoms with E-state index in [2.05, 4.69) is 10.6 Å². The molecule has 2 amide bonds. The molecule has 3 aromatic rings. The molecule has 4 nitrogen and oxygen atoms in total. The summed E-state index contributed by atoms with van der Waals surface area (Å²) in [5, 5.41) is 17.6. The van der Waals surface area contributed by atoms with Crippen molar-refractivity contribution in [2.75, 3.05) is 11.9 Å². The number of rotatable bonds is 4. The minimum Gasteiger partial charge on any atom is -0.387 e. The quantitative estimate of drug-likeness (QED) is 0.688. The monoisotopic (exact) mass is 306 g/mol. The smallest absolute Gasteiger partial charge is 0.319 e. The molecule has 0 radical (unpaired) electrons. The van der Waals surface area contributed by atoms with Gasteiger partial charge in [-0.3, -0.25) is 0 Å². The molecule has 0 saturated carbocycles. The molecule has 3 aromatic carbocycles. The zero-order valence-corrected chi connectivity index (χ0v) is 12.6. The van der Waals surface area contributed by atoms with Crippen molar-refractivity contribution in [2.24, 2.45) is 0 Å². The lowest BCUT2D eigenvalue weighted by Crippen LogP contribution is -2.32. The Kier molecular flexibility index (Phi) is 4.54. The third kappa shape index (κ3) is 3.67. The summed E-state index contributed by atoms with van der Waals surface area (Å²) >= 11 is 0. The van der Waals surface area contributed by atoms with Crippen molar-refractivity contribution in [1.29, 1.82) is 0 Å². The van der Waals surface area contributed by atoms with Crippen LogP contribution >= 0.6 is 0 Å². The Balaban J connectivity index is 1.63. The highest BCUT2D eigenvalue weighted by Crippen LogP contribution is 2.22. The Morgan fingerprint density at radius 1 is 0.913 bits per heavy atom. The van der Waals surface area contributed by atoms with Gasteiger partial charge in [0.25, 0.3) is 0 Å². The number of hydrogen-bond acceptors (Lipinski definition) is 2. The summed E-state index contributed by atoms with van der Waals surface area (Å²) in [6.45, 7) is 0.153. The summed E-state index contributed by atoms with van der Waals surface area (Å²) in [6.07, 6.45) is -0.727. The molecule has 23 heavy (non-hydrogen) atoms. The molecule has 0 bridgehead atoms. The van der Waals surface area contributed by atoms with E-state index in [9.17, 15) is 9.90 Å². The number of benzene rings is 3. The summed E-state index contributed by atoms with van der Waals surface area (Å²) in [5.74, 6) is 0. The van der Waals surface area contributed by atoms with E-state index in [4.69, 9.17) is 0 Å². The molecule has 0 aliphatic heterocycles. The van der Waals surface area contributed by atoms with Crippen molar-refractivity contribution < 1.29 is 9.90 Å². The first-order valence-electron chi connectivity index (χ1n) is 7.49. The van der Waals surface area contributed by atoms with Crippen LogP contribution in [0.15, 0.2) is 72.8 Å². The van der Waals surface area contributed by atoms with E-state index in [-0.39, 0.29) is 12.6 Å². The number of carbonyl (C=O) groups excluding carboxylic acids is 1. The van der Waals surface area contributed by atoms with Crippen LogP contribution in [0.1, 0.15) is 11.7 Å². The second-order valence-corrected chi connectivity index (χ2v) is 5.29. The fraction of sp³-hybridized carbons (Fsp3) is 0.105. The molecule has 0 aliphatic carbocycles. The Morgan fingerprint density at radius 3 is 2.43 bits per heavy atom. The lowest BCUT2D eigenvalue weighted by Gasteiger charge is -2.13. The number of amides is 2. The van der Waals surface area contributed by atoms with Crippen molar-refractivity contribution in [3.63, 3.8) is 0 Å². The molecule has 0 spiro atoms. The molecule has 116 valence electrons. The van der Waals surface area contributed by atoms with Crippen molar-refractivity contribution in [3.8, 4) is 0 Å². The lowest BCUT2D eigenvalue weighted by atomic mass is 10.1. The Labute approximate surface area is 134 Å². The minimum atomic E-state index is -0.727. The van der Waals surface area contributed by atoms with Gasteiger partial charge < -0.3 is 15.7 Å². The highest BCUT2D eigenvalue weighted by atomic mass is 16.3. The Morgan fingerprint density at radius 2 is 1.61 bits per heavy atom. The van der Waals surface area contributed by atoms with E-state index in [1.165, 1.54) is 0 Å². The zero-order valence-electron chi connectivity index (χ0n) is 12.6. The number of aliphatic hydroxyl groups is 1. The van der Waals surface area contributed by atoms with E-state index in [1.807, 2.05) is 72.8 Å². The average molecular weight is 306 g/mol. The summed E-state index contributed by atoms with van der Waals surface area (Å²) in [4.78, 5) is 12.1. The number of anilines is 1. The van der Waals surface area contributed by atoms with Crippen molar-refractivity contribution in [2.45, 2.75) is 6.10 Å². The maximum Gasteiger partial charge on any atom is 0.319 e. The number of nitrogens with one attached hydrogen (secondary N) is 2. The Bertz CT molecular complexity index is 797. The van der Waals surface area contributed by atoms with E-state index < -0.39 is 6.10 Å². The summed E-state index contributed by atoms with van der Waals surface area (Å²) in [7, 11) is 0. The van der Waals surface area contributed by atoms with Crippen LogP contribution in [0, 0.1) is 0 Å². The van der Waals surface area contributed by atoms with Gasteiger partial charge in [0.15, 0.2) is 0 Å². The average Bonchev–Trinajstić information content (AvgIpc) is 2.61. The third-order valence-electron chi connectivity index (χ3n) is 3.68. The van der Waals surface area contributed by atoms with Crippen LogP contribution in [0.2, 0.25) is 0 Å². The van der Waals surface area contributed by atoms with Gasteiger partial charge in [-0.1, -0.05) is 66.7 Å². The van der Waals surface area contributed by atoms with Crippen LogP contribution in [0.3, 0.4) is 0 Å². The van der Waals surface area contributed by atoms with Crippen LogP contribution in [-0.2, 0) is 0 Å². The normalized spacial score (nSPS) is 11.9. The molecule has 1 atom stereocenters. The van der Waals surface area contributed by atoms with E-state index >= 15 is 0 Å². The van der Waals surface area contributed by atoms with Crippen molar-refractivity contribution >= 4 is 22.5 Å². The molecule has 1 unspecified atom stereocenters. The first-order chi connectivity index (χ1) is 11.2. The molecular formula is C19H18N2O2. The highest BCUT2D eigenvalue weighted by molar-refractivity contribution is 6.01. The first kappa shape index (κ1) is 15.1. The van der Waals surface area contributed by atoms with Gasteiger partial charge in [0.05, 0.1) is 11.8 Å². The van der Waals surface area contributed by atoms with E-state index in [1.54, 1.807) is 0 Å². The number of carbonyl (C=O) groups is 1. The summed E-state index contributed by atoms with van der Waals surface area (Å²) < 4.78 is 0. The second-order valence-electron chi connectivity index (χ2n) is 5.29. The fourth-order valence-electron chi connectivity index (χ4n) is 2.48. The third-order valence-corrected chi connectivity index (χ3v) is 3.68. The molecule has 0 aliphatic rings. The van der Waals surface area contributed by atoms with Crippen LogP contribution in [0.5, 0.6) is 0 Å². The van der Waals surface area contributed by atoms with Crippen LogP contribution in [-0.4, -0.2) is 17.7 Å². The molecule has 0 aromatic heterocycles. The van der Waals surface area contributed by atoms with Crippen molar-refractivity contribution in [3.05, 3.63) is 78.4 Å². The predicted octanol–water partition coefficient (Wildman–Crippen LogP) is 3.69. The molecule has 0 heterocycles. The van der Waals surface area contributed by atoms with Gasteiger partial charge >= 0.3 is 6.03 Å². The Hall–Kier alpha value is -2.85. The van der Waals surface area contributed by atoms with Gasteiger partial charge in [-0.2, -0.15) is 0 Å². The van der Waals surface area contributed by atoms with Crippen LogP contribution in [0.25, 0.3) is 10.8 Å². The van der Waals surface area contributed by atoms with Gasteiger partial charge in [0, 0.05) is 11.9 Å². The number of urea groups is 1. The first-order valence-corrected chi connectivity index (χ1v) is 7.49. The van der Waals surface area contributed by atoms with Crippen LogP contribution < -0.4 is 10.6 Å². The standard InChI is InChI=1S/C19H18N2O2/c22-18(15-8-2-1-3-9-15)13-20-19(23)21-17-12-6-10-14-7-4-5-11-16(14)17/h1-12,18,22H,13H2,(H2,20,21,23). The largest absolute Gasteiger partial charge is 0.387 e. The lowest BCUT2D eigenvalue weighted by molar-refractivity contribution is 0.175. The topological polar surface area (TPSA) is 61.4 Å². The van der Waals surface area contributed by atoms with Gasteiger partial charge in [-0.15, -0.1) is 0 Å². The van der Waals surface area contributed by atoms with E-state index in [0.29, 0.717) is 0 Å². The van der Waals surface area contributed by atoms with E-state index in [0.717, 1.165) is 22.0 Å². The molecule has 3 rings (SSSR count). The SMILES string of the molecule is O=C(NCC(O)c1ccccc1)Nc1cccc2ccccc12. The fourth-order valence-corrected chi connectivity index (χ4v) is 2.48. The number of hydrogen-bond donors (Lipinski definition) is 3. The zero-order chi connectivity index (χ0) is 16.1. The van der Waals surface area contributed by atoms with Gasteiger partial charge in [-0.25, -0.2) is 4.79 Å². The van der Waals surface area contributed by atoms with Crippen molar-refractivity contribution in [1.82, 2.24) is 5.32 Å². The van der Waals surface area contributed by atoms with Gasteiger partial charge in [0.2, 0.25) is 0 Å². The maximum atomic E-state index is 12.1. The molecule has 3 N–H and O–H groups in total. The molecule has 4 heteroatoms. The highest BCUT2D eigenvalue weighted by Gasteiger charge is 2.10. The molecule has 0 saturated heterocycles. The minimum absolute atomic E-state index is 0.153. The molecule has 0 fully saturated rings. The predicted molar refractivity (Wildman–Crippen MR) is 92.4 cm³/mol. The summed E-state index contributed by atoms with van der Waals surface area (Å²) in [5.41, 5.74) is 1.52. The van der Waals surface area contributed by atoms with Crippen LogP contribution in [0.4, 0.5) is 10.5 Å². The number of fused-ring (bicyclic) bond motifs is 1. The molecular weight excluding hydrogens is 288 g/mol. The second kappa shape index (κ2) is 6.94. The number of aliphatic hydroxyl groups excluding tert-OH is 1. The summed E-state index contributed by atoms with van der Waals surface area (Å²) in [6, 6.07) is 22.5. The van der Waals surface area contributed by atoms with Gasteiger partial charge in [-0.05, 0) is 17.0 Å².